The highest BCUT2D eigenvalue weighted by Gasteiger charge is 2.10. The number of hydrogen-bond donors (Lipinski definition) is 2. The van der Waals surface area contributed by atoms with E-state index in [9.17, 15) is 0 Å². The summed E-state index contributed by atoms with van der Waals surface area (Å²) in [7, 11) is 0. The van der Waals surface area contributed by atoms with Crippen molar-refractivity contribution >= 4 is 10.9 Å². The van der Waals surface area contributed by atoms with Crippen molar-refractivity contribution in [3.8, 4) is 0 Å². The van der Waals surface area contributed by atoms with E-state index >= 15 is 0 Å². The summed E-state index contributed by atoms with van der Waals surface area (Å²) in [6.45, 7) is 12.0. The second-order valence-corrected chi connectivity index (χ2v) is 5.59. The Morgan fingerprint density at radius 1 is 1.17 bits per heavy atom. The second kappa shape index (κ2) is 5.15. The van der Waals surface area contributed by atoms with Gasteiger partial charge < -0.3 is 10.3 Å². The summed E-state index contributed by atoms with van der Waals surface area (Å²) in [6, 6.07) is 5.07. The summed E-state index contributed by atoms with van der Waals surface area (Å²) < 4.78 is 0. The molecule has 2 N–H and O–H groups in total. The summed E-state index contributed by atoms with van der Waals surface area (Å²) in [5.41, 5.74) is 6.77. The molecular formula is C16H24N2. The first-order chi connectivity index (χ1) is 8.49. The third-order valence-corrected chi connectivity index (χ3v) is 3.48. The minimum atomic E-state index is 0.554. The van der Waals surface area contributed by atoms with Crippen molar-refractivity contribution in [1.82, 2.24) is 10.3 Å². The Hall–Kier alpha value is -1.28. The average molecular weight is 244 g/mol. The van der Waals surface area contributed by atoms with Crippen molar-refractivity contribution in [1.29, 1.82) is 0 Å². The summed E-state index contributed by atoms with van der Waals surface area (Å²) in [6.07, 6.45) is 1.09. The number of nitrogens with one attached hydrogen (secondary N) is 2. The van der Waals surface area contributed by atoms with Crippen molar-refractivity contribution in [3.63, 3.8) is 0 Å². The number of fused-ring (bicyclic) bond motifs is 1. The second-order valence-electron chi connectivity index (χ2n) is 5.59. The number of rotatable bonds is 4. The molecule has 0 unspecified atom stereocenters. The molecular weight excluding hydrogens is 220 g/mol. The molecule has 0 saturated heterocycles. The molecule has 1 aromatic heterocycles. The third kappa shape index (κ3) is 2.59. The predicted molar refractivity (Wildman–Crippen MR) is 79.4 cm³/mol. The van der Waals surface area contributed by atoms with E-state index in [-0.39, 0.29) is 0 Å². The molecule has 0 amide bonds. The van der Waals surface area contributed by atoms with Crippen LogP contribution in [0.3, 0.4) is 0 Å². The first kappa shape index (κ1) is 13.2. The maximum Gasteiger partial charge on any atom is 0.0464 e. The Morgan fingerprint density at radius 2 is 1.89 bits per heavy atom. The molecule has 1 heterocycles. The van der Waals surface area contributed by atoms with Crippen molar-refractivity contribution in [2.45, 2.75) is 47.1 Å². The summed E-state index contributed by atoms with van der Waals surface area (Å²) >= 11 is 0. The quantitative estimate of drug-likeness (QED) is 0.844. The first-order valence-corrected chi connectivity index (χ1v) is 6.81. The number of hydrogen-bond acceptors (Lipinski definition) is 1. The van der Waals surface area contributed by atoms with Crippen LogP contribution < -0.4 is 5.32 Å². The highest BCUT2D eigenvalue weighted by atomic mass is 14.9. The molecule has 1 aromatic carbocycles. The molecule has 0 aliphatic rings. The number of aromatic amines is 1. The molecule has 0 fully saturated rings. The van der Waals surface area contributed by atoms with Crippen LogP contribution in [0, 0.1) is 20.8 Å². The van der Waals surface area contributed by atoms with Crippen LogP contribution in [0.5, 0.6) is 0 Å². The highest BCUT2D eigenvalue weighted by molar-refractivity contribution is 5.88. The molecule has 0 saturated carbocycles. The van der Waals surface area contributed by atoms with Crippen LogP contribution >= 0.6 is 0 Å². The van der Waals surface area contributed by atoms with Crippen molar-refractivity contribution in [3.05, 3.63) is 34.5 Å². The van der Waals surface area contributed by atoms with Crippen LogP contribution in [0.4, 0.5) is 0 Å². The van der Waals surface area contributed by atoms with Gasteiger partial charge in [-0.1, -0.05) is 19.9 Å². The van der Waals surface area contributed by atoms with Crippen LogP contribution in [0.25, 0.3) is 10.9 Å². The van der Waals surface area contributed by atoms with Gasteiger partial charge in [-0.05, 0) is 56.5 Å². The smallest absolute Gasteiger partial charge is 0.0464 e. The molecule has 0 bridgehead atoms. The fraction of sp³-hybridized carbons (Fsp3) is 0.500. The SMILES string of the molecule is Cc1cc(C)c2c(CCNC(C)C)c(C)[nH]c2c1. The highest BCUT2D eigenvalue weighted by Crippen LogP contribution is 2.27. The summed E-state index contributed by atoms with van der Waals surface area (Å²) in [5.74, 6) is 0. The van der Waals surface area contributed by atoms with Crippen LogP contribution in [0.15, 0.2) is 12.1 Å². The van der Waals surface area contributed by atoms with Crippen molar-refractivity contribution in [2.24, 2.45) is 0 Å². The van der Waals surface area contributed by atoms with Gasteiger partial charge >= 0.3 is 0 Å². The van der Waals surface area contributed by atoms with Gasteiger partial charge in [-0.25, -0.2) is 0 Å². The Morgan fingerprint density at radius 3 is 2.56 bits per heavy atom. The molecule has 0 aliphatic carbocycles. The molecule has 0 spiro atoms. The summed E-state index contributed by atoms with van der Waals surface area (Å²) in [5, 5.41) is 4.91. The van der Waals surface area contributed by atoms with E-state index in [1.807, 2.05) is 0 Å². The normalized spacial score (nSPS) is 11.7. The van der Waals surface area contributed by atoms with Gasteiger partial charge in [0, 0.05) is 22.6 Å². The zero-order valence-electron chi connectivity index (χ0n) is 12.1. The number of aromatic nitrogens is 1. The molecule has 0 aliphatic heterocycles. The van der Waals surface area contributed by atoms with E-state index in [4.69, 9.17) is 0 Å². The standard InChI is InChI=1S/C16H24N2/c1-10(2)17-7-6-14-13(5)18-15-9-11(3)8-12(4)16(14)15/h8-10,17-18H,6-7H2,1-5H3. The molecule has 2 nitrogen and oxygen atoms in total. The monoisotopic (exact) mass is 244 g/mol. The maximum atomic E-state index is 3.52. The predicted octanol–water partition coefficient (Wildman–Crippen LogP) is 3.63. The van der Waals surface area contributed by atoms with Crippen LogP contribution in [-0.4, -0.2) is 17.6 Å². The zero-order chi connectivity index (χ0) is 13.3. The average Bonchev–Trinajstić information content (AvgIpc) is 2.54. The lowest BCUT2D eigenvalue weighted by Gasteiger charge is -2.09. The van der Waals surface area contributed by atoms with E-state index in [1.165, 1.54) is 33.3 Å². The minimum absolute atomic E-state index is 0.554. The lowest BCUT2D eigenvalue weighted by molar-refractivity contribution is 0.590. The molecule has 98 valence electrons. The Balaban J connectivity index is 2.35. The van der Waals surface area contributed by atoms with Crippen molar-refractivity contribution < 1.29 is 0 Å². The topological polar surface area (TPSA) is 27.8 Å². The lowest BCUT2D eigenvalue weighted by Crippen LogP contribution is -2.25. The minimum Gasteiger partial charge on any atom is -0.358 e. The van der Waals surface area contributed by atoms with E-state index in [1.54, 1.807) is 0 Å². The Labute approximate surface area is 110 Å². The van der Waals surface area contributed by atoms with E-state index in [0.29, 0.717) is 6.04 Å². The van der Waals surface area contributed by atoms with Crippen LogP contribution in [0.1, 0.15) is 36.2 Å². The molecule has 2 rings (SSSR count). The van der Waals surface area contributed by atoms with Gasteiger partial charge in [0.2, 0.25) is 0 Å². The molecule has 2 aromatic rings. The van der Waals surface area contributed by atoms with Gasteiger partial charge in [0.25, 0.3) is 0 Å². The van der Waals surface area contributed by atoms with E-state index in [2.05, 4.69) is 57.1 Å². The number of H-pyrrole nitrogens is 1. The van der Waals surface area contributed by atoms with Crippen LogP contribution in [-0.2, 0) is 6.42 Å². The lowest BCUT2D eigenvalue weighted by atomic mass is 10.0. The van der Waals surface area contributed by atoms with Gasteiger partial charge in [-0.15, -0.1) is 0 Å². The summed E-state index contributed by atoms with van der Waals surface area (Å²) in [4.78, 5) is 3.52. The fourth-order valence-corrected chi connectivity index (χ4v) is 2.73. The molecule has 0 radical (unpaired) electrons. The van der Waals surface area contributed by atoms with Crippen molar-refractivity contribution in [2.75, 3.05) is 6.54 Å². The van der Waals surface area contributed by atoms with Gasteiger partial charge in [-0.3, -0.25) is 0 Å². The van der Waals surface area contributed by atoms with Gasteiger partial charge in [0.15, 0.2) is 0 Å². The number of aryl methyl sites for hydroxylation is 3. The Kier molecular flexibility index (Phi) is 3.76. The molecule has 18 heavy (non-hydrogen) atoms. The molecule has 2 heteroatoms. The van der Waals surface area contributed by atoms with E-state index in [0.717, 1.165) is 13.0 Å². The maximum absolute atomic E-state index is 3.52. The van der Waals surface area contributed by atoms with E-state index < -0.39 is 0 Å². The van der Waals surface area contributed by atoms with Crippen LogP contribution in [0.2, 0.25) is 0 Å². The van der Waals surface area contributed by atoms with Gasteiger partial charge in [0.1, 0.15) is 0 Å². The Bertz CT molecular complexity index is 550. The molecule has 0 atom stereocenters. The largest absolute Gasteiger partial charge is 0.358 e. The fourth-order valence-electron chi connectivity index (χ4n) is 2.73. The van der Waals surface area contributed by atoms with Gasteiger partial charge in [0.05, 0.1) is 0 Å². The number of benzene rings is 1. The zero-order valence-corrected chi connectivity index (χ0v) is 12.1. The third-order valence-electron chi connectivity index (χ3n) is 3.48. The first-order valence-electron chi connectivity index (χ1n) is 6.81. The van der Waals surface area contributed by atoms with Gasteiger partial charge in [-0.2, -0.15) is 0 Å².